The highest BCUT2D eigenvalue weighted by molar-refractivity contribution is 5.71. The zero-order valence-corrected chi connectivity index (χ0v) is 47.5. The van der Waals surface area contributed by atoms with Crippen LogP contribution < -0.4 is 0 Å². The predicted octanol–water partition coefficient (Wildman–Crippen LogP) is 20.1. The van der Waals surface area contributed by atoms with Crippen LogP contribution in [0.1, 0.15) is 213 Å². The summed E-state index contributed by atoms with van der Waals surface area (Å²) in [7, 11) is 0. The second kappa shape index (κ2) is 61.1. The zero-order valence-electron chi connectivity index (χ0n) is 47.5. The molecule has 0 heterocycles. The summed E-state index contributed by atoms with van der Waals surface area (Å²) in [5.41, 5.74) is 0. The molecule has 0 aliphatic rings. The Kier molecular flexibility index (Phi) is 56.6. The lowest BCUT2D eigenvalue weighted by atomic mass is 10.1. The largest absolute Gasteiger partial charge is 0.462 e. The Hall–Kier alpha value is -5.49. The van der Waals surface area contributed by atoms with Crippen molar-refractivity contribution < 1.29 is 28.6 Å². The number of carbonyl (C=O) groups is 3. The van der Waals surface area contributed by atoms with E-state index in [1.54, 1.807) is 0 Å². The van der Waals surface area contributed by atoms with Crippen LogP contribution in [0, 0.1) is 0 Å². The molecule has 0 saturated carbocycles. The topological polar surface area (TPSA) is 78.9 Å². The monoisotopic (exact) mass is 1030 g/mol. The van der Waals surface area contributed by atoms with E-state index in [4.69, 9.17) is 14.2 Å². The molecule has 416 valence electrons. The lowest BCUT2D eigenvalue weighted by Crippen LogP contribution is -2.30. The number of esters is 3. The minimum Gasteiger partial charge on any atom is -0.462 e. The van der Waals surface area contributed by atoms with Crippen LogP contribution in [-0.4, -0.2) is 37.2 Å². The van der Waals surface area contributed by atoms with Crippen LogP contribution in [-0.2, 0) is 28.6 Å². The summed E-state index contributed by atoms with van der Waals surface area (Å²) in [6.45, 7) is 6.17. The van der Waals surface area contributed by atoms with Crippen molar-refractivity contribution in [3.05, 3.63) is 182 Å². The van der Waals surface area contributed by atoms with Gasteiger partial charge in [-0.05, 0) is 141 Å². The highest BCUT2D eigenvalue weighted by atomic mass is 16.6. The van der Waals surface area contributed by atoms with Crippen molar-refractivity contribution in [1.29, 1.82) is 0 Å². The summed E-state index contributed by atoms with van der Waals surface area (Å²) in [6.07, 6.45) is 91.8. The van der Waals surface area contributed by atoms with Crippen LogP contribution in [0.5, 0.6) is 0 Å². The van der Waals surface area contributed by atoms with Crippen molar-refractivity contribution in [2.75, 3.05) is 13.2 Å². The highest BCUT2D eigenvalue weighted by Gasteiger charge is 2.19. The second-order valence-electron chi connectivity index (χ2n) is 18.4. The first kappa shape index (κ1) is 69.5. The molecule has 0 aromatic rings. The molecule has 0 aromatic carbocycles. The molecule has 0 aromatic heterocycles. The van der Waals surface area contributed by atoms with Crippen LogP contribution in [0.25, 0.3) is 0 Å². The van der Waals surface area contributed by atoms with E-state index in [0.717, 1.165) is 167 Å². The quantitative estimate of drug-likeness (QED) is 0.0261. The molecule has 75 heavy (non-hydrogen) atoms. The third-order valence-corrected chi connectivity index (χ3v) is 11.4. The van der Waals surface area contributed by atoms with Crippen molar-refractivity contribution in [2.24, 2.45) is 0 Å². The van der Waals surface area contributed by atoms with Crippen molar-refractivity contribution in [2.45, 2.75) is 219 Å². The molecule has 1 atom stereocenters. The maximum Gasteiger partial charge on any atom is 0.306 e. The van der Waals surface area contributed by atoms with E-state index in [1.807, 2.05) is 12.2 Å². The van der Waals surface area contributed by atoms with Crippen LogP contribution in [0.15, 0.2) is 182 Å². The van der Waals surface area contributed by atoms with E-state index >= 15 is 0 Å². The Bertz CT molecular complexity index is 1800. The highest BCUT2D eigenvalue weighted by Crippen LogP contribution is 2.12. The van der Waals surface area contributed by atoms with Gasteiger partial charge < -0.3 is 14.2 Å². The maximum atomic E-state index is 12.9. The molecule has 0 fully saturated rings. The Morgan fingerprint density at radius 2 is 0.507 bits per heavy atom. The SMILES string of the molecule is CC/C=C\C/C=C\C/C=C\C/C=C\C/C=C\C/C=C\CCCCCCC(=O)OCC(COC(=O)CC/C=C\C/C=C\C/C=C\C/C=C\CC)OC(=O)CCCCCCC/C=C\C/C=C\C/C=C\C/C=C\C/C=C\CC. The van der Waals surface area contributed by atoms with Crippen LogP contribution >= 0.6 is 0 Å². The van der Waals surface area contributed by atoms with Gasteiger partial charge >= 0.3 is 17.9 Å². The summed E-state index contributed by atoms with van der Waals surface area (Å²) in [5.74, 6) is -1.07. The van der Waals surface area contributed by atoms with Gasteiger partial charge in [-0.25, -0.2) is 0 Å². The van der Waals surface area contributed by atoms with E-state index in [-0.39, 0.29) is 44.0 Å². The van der Waals surface area contributed by atoms with Gasteiger partial charge in [0.25, 0.3) is 0 Å². The molecular weight excluding hydrogens is 925 g/mol. The fourth-order valence-electron chi connectivity index (χ4n) is 7.13. The summed E-state index contributed by atoms with van der Waals surface area (Å²) >= 11 is 0. The molecule has 1 unspecified atom stereocenters. The molecule has 0 N–H and O–H groups in total. The minimum atomic E-state index is -0.840. The van der Waals surface area contributed by atoms with E-state index in [1.165, 1.54) is 0 Å². The first-order valence-electron chi connectivity index (χ1n) is 29.3. The summed E-state index contributed by atoms with van der Waals surface area (Å²) in [4.78, 5) is 38.2. The van der Waals surface area contributed by atoms with Crippen LogP contribution in [0.3, 0.4) is 0 Å². The van der Waals surface area contributed by atoms with Crippen molar-refractivity contribution in [3.8, 4) is 0 Å². The molecule has 0 bridgehead atoms. The minimum absolute atomic E-state index is 0.132. The average molecular weight is 1030 g/mol. The van der Waals surface area contributed by atoms with Crippen molar-refractivity contribution in [1.82, 2.24) is 0 Å². The van der Waals surface area contributed by atoms with Gasteiger partial charge in [0.15, 0.2) is 6.10 Å². The van der Waals surface area contributed by atoms with Gasteiger partial charge in [0.05, 0.1) is 0 Å². The summed E-state index contributed by atoms with van der Waals surface area (Å²) in [5, 5.41) is 0. The molecule has 0 aliphatic carbocycles. The number of rotatable bonds is 50. The number of hydrogen-bond donors (Lipinski definition) is 0. The first-order chi connectivity index (χ1) is 37.0. The Morgan fingerprint density at radius 1 is 0.267 bits per heavy atom. The van der Waals surface area contributed by atoms with Crippen LogP contribution in [0.2, 0.25) is 0 Å². The average Bonchev–Trinajstić information content (AvgIpc) is 3.41. The third kappa shape index (κ3) is 59.3. The van der Waals surface area contributed by atoms with Crippen LogP contribution in [0.4, 0.5) is 0 Å². The Morgan fingerprint density at radius 3 is 0.827 bits per heavy atom. The molecule has 6 nitrogen and oxygen atoms in total. The molecule has 0 radical (unpaired) electrons. The van der Waals surface area contributed by atoms with Gasteiger partial charge in [-0.3, -0.25) is 14.4 Å². The van der Waals surface area contributed by atoms with Gasteiger partial charge in [0, 0.05) is 19.3 Å². The van der Waals surface area contributed by atoms with Gasteiger partial charge in [-0.15, -0.1) is 0 Å². The normalized spacial score (nSPS) is 13.5. The first-order valence-corrected chi connectivity index (χ1v) is 29.3. The van der Waals surface area contributed by atoms with Gasteiger partial charge in [-0.1, -0.05) is 235 Å². The number of hydrogen-bond acceptors (Lipinski definition) is 6. The van der Waals surface area contributed by atoms with Crippen molar-refractivity contribution in [3.63, 3.8) is 0 Å². The van der Waals surface area contributed by atoms with Gasteiger partial charge in [0.2, 0.25) is 0 Å². The summed E-state index contributed by atoms with van der Waals surface area (Å²) < 4.78 is 16.8. The van der Waals surface area contributed by atoms with E-state index in [9.17, 15) is 14.4 Å². The fraction of sp³-hybridized carbons (Fsp3) is 0.522. The zero-order chi connectivity index (χ0) is 54.3. The lowest BCUT2D eigenvalue weighted by molar-refractivity contribution is -0.166. The van der Waals surface area contributed by atoms with Gasteiger partial charge in [-0.2, -0.15) is 0 Å². The van der Waals surface area contributed by atoms with E-state index in [2.05, 4.69) is 191 Å². The van der Waals surface area contributed by atoms with Gasteiger partial charge in [0.1, 0.15) is 13.2 Å². The van der Waals surface area contributed by atoms with E-state index < -0.39 is 6.10 Å². The molecule has 0 amide bonds. The third-order valence-electron chi connectivity index (χ3n) is 11.4. The second-order valence-corrected chi connectivity index (χ2v) is 18.4. The number of allylic oxidation sites excluding steroid dienone is 30. The molecule has 0 saturated heterocycles. The number of ether oxygens (including phenoxy) is 3. The Labute approximate surface area is 459 Å². The maximum absolute atomic E-state index is 12.9. The molecular formula is C69H104O6. The molecule has 0 aliphatic heterocycles. The lowest BCUT2D eigenvalue weighted by Gasteiger charge is -2.18. The van der Waals surface area contributed by atoms with Crippen molar-refractivity contribution >= 4 is 17.9 Å². The summed E-state index contributed by atoms with van der Waals surface area (Å²) in [6, 6.07) is 0. The fourth-order valence-corrected chi connectivity index (χ4v) is 7.13. The van der Waals surface area contributed by atoms with E-state index in [0.29, 0.717) is 12.8 Å². The number of unbranched alkanes of at least 4 members (excludes halogenated alkanes) is 9. The standard InChI is InChI=1S/C69H104O6/c1-4-7-10-13-16-19-22-25-27-29-31-33-34-36-37-39-41-44-47-50-53-56-59-62-68(71)74-65-66(64-73-67(70)61-58-55-52-49-46-43-24-21-18-15-12-9-6-3)75-69(72)63-60-57-54-51-48-45-42-40-38-35-32-30-28-26-23-20-17-14-11-8-5-2/h7-12,16-21,25-28,31-33,35-37,40-44,46,52,55,66H,4-6,13-15,22-24,29-30,34,38-39,45,47-51,53-54,56-65H2,1-3H3/b10-7-,11-8-,12-9-,19-16-,20-17-,21-18-,27-25-,28-26-,33-31-,35-32-,37-36-,42-40-,44-41-,46-43-,55-52-. The molecule has 6 heteroatoms. The molecule has 0 rings (SSSR count). The predicted molar refractivity (Wildman–Crippen MR) is 324 cm³/mol. The number of carbonyl (C=O) groups excluding carboxylic acids is 3. The smallest absolute Gasteiger partial charge is 0.306 e. The molecule has 0 spiro atoms. The Balaban J connectivity index is 4.55.